The van der Waals surface area contributed by atoms with Crippen LogP contribution < -0.4 is 11.1 Å². The van der Waals surface area contributed by atoms with E-state index in [1.165, 1.54) is 0 Å². The van der Waals surface area contributed by atoms with E-state index in [0.29, 0.717) is 5.02 Å². The van der Waals surface area contributed by atoms with E-state index in [-0.39, 0.29) is 25.9 Å². The molecule has 3 N–H and O–H groups in total. The molecule has 0 heterocycles. The Morgan fingerprint density at radius 3 is 2.65 bits per heavy atom. The van der Waals surface area contributed by atoms with E-state index < -0.39 is 23.8 Å². The van der Waals surface area contributed by atoms with Crippen LogP contribution in [0.4, 0.5) is 0 Å². The average Bonchev–Trinajstić information content (AvgIpc) is 2.48. The summed E-state index contributed by atoms with van der Waals surface area (Å²) in [4.78, 5) is 34.6. The van der Waals surface area contributed by atoms with Gasteiger partial charge < -0.3 is 15.8 Å². The fourth-order valence-electron chi connectivity index (χ4n) is 1.86. The Labute approximate surface area is 147 Å². The molecule has 0 aromatic heterocycles. The highest BCUT2D eigenvalue weighted by atomic mass is 79.9. The summed E-state index contributed by atoms with van der Waals surface area (Å²) in [5, 5.41) is 3.04. The molecule has 0 fully saturated rings. The molecule has 0 saturated heterocycles. The Balaban J connectivity index is 2.65. The van der Waals surface area contributed by atoms with Crippen molar-refractivity contribution < 1.29 is 19.1 Å². The van der Waals surface area contributed by atoms with E-state index in [0.717, 1.165) is 10.0 Å². The van der Waals surface area contributed by atoms with E-state index in [1.807, 2.05) is 0 Å². The molecule has 126 valence electrons. The Kier molecular flexibility index (Phi) is 8.05. The molecule has 0 unspecified atom stereocenters. The van der Waals surface area contributed by atoms with Gasteiger partial charge in [0.05, 0.1) is 13.0 Å². The first-order chi connectivity index (χ1) is 10.8. The predicted molar refractivity (Wildman–Crippen MR) is 89.8 cm³/mol. The van der Waals surface area contributed by atoms with Gasteiger partial charge in [-0.2, -0.15) is 0 Å². The second kappa shape index (κ2) is 9.52. The SMILES string of the molecule is CCOC(=O)CCC(=O)N[C@H](Cc1cc(Cl)ccc1Br)C(N)=O. The van der Waals surface area contributed by atoms with Gasteiger partial charge in [0.25, 0.3) is 0 Å². The van der Waals surface area contributed by atoms with Gasteiger partial charge in [-0.1, -0.05) is 27.5 Å². The molecule has 0 aliphatic carbocycles. The fraction of sp³-hybridized carbons (Fsp3) is 0.400. The van der Waals surface area contributed by atoms with Crippen LogP contribution in [0.5, 0.6) is 0 Å². The minimum absolute atomic E-state index is 0.0496. The number of benzene rings is 1. The van der Waals surface area contributed by atoms with Gasteiger partial charge in [0.1, 0.15) is 6.04 Å². The van der Waals surface area contributed by atoms with Crippen LogP contribution in [0.1, 0.15) is 25.3 Å². The van der Waals surface area contributed by atoms with E-state index in [1.54, 1.807) is 25.1 Å². The van der Waals surface area contributed by atoms with Crippen molar-refractivity contribution in [2.75, 3.05) is 6.61 Å². The topological polar surface area (TPSA) is 98.5 Å². The first kappa shape index (κ1) is 19.4. The smallest absolute Gasteiger partial charge is 0.306 e. The van der Waals surface area contributed by atoms with Gasteiger partial charge in [0.2, 0.25) is 11.8 Å². The van der Waals surface area contributed by atoms with E-state index >= 15 is 0 Å². The summed E-state index contributed by atoms with van der Waals surface area (Å²) < 4.78 is 5.50. The number of esters is 1. The number of ether oxygens (including phenoxy) is 1. The van der Waals surface area contributed by atoms with Crippen molar-refractivity contribution in [2.24, 2.45) is 5.73 Å². The normalized spacial score (nSPS) is 11.6. The highest BCUT2D eigenvalue weighted by Gasteiger charge is 2.20. The van der Waals surface area contributed by atoms with Gasteiger partial charge in [-0.25, -0.2) is 0 Å². The number of amides is 2. The number of rotatable bonds is 8. The van der Waals surface area contributed by atoms with E-state index in [4.69, 9.17) is 22.1 Å². The van der Waals surface area contributed by atoms with E-state index in [2.05, 4.69) is 21.2 Å². The Bertz CT molecular complexity index is 595. The molecule has 6 nitrogen and oxygen atoms in total. The summed E-state index contributed by atoms with van der Waals surface area (Å²) >= 11 is 9.28. The predicted octanol–water partition coefficient (Wildman–Crippen LogP) is 1.96. The van der Waals surface area contributed by atoms with Crippen LogP contribution in [0.3, 0.4) is 0 Å². The van der Waals surface area contributed by atoms with Crippen LogP contribution in [-0.2, 0) is 25.5 Å². The number of hydrogen-bond donors (Lipinski definition) is 2. The van der Waals surface area contributed by atoms with Gasteiger partial charge >= 0.3 is 5.97 Å². The number of primary amides is 1. The number of carbonyl (C=O) groups excluding carboxylic acids is 3. The summed E-state index contributed by atoms with van der Waals surface area (Å²) in [5.41, 5.74) is 6.07. The molecule has 1 aromatic rings. The maximum Gasteiger partial charge on any atom is 0.306 e. The minimum atomic E-state index is -0.889. The third-order valence-electron chi connectivity index (χ3n) is 2.97. The summed E-state index contributed by atoms with van der Waals surface area (Å²) in [5.74, 6) is -1.57. The van der Waals surface area contributed by atoms with Crippen molar-refractivity contribution in [1.82, 2.24) is 5.32 Å². The number of hydrogen-bond acceptors (Lipinski definition) is 4. The van der Waals surface area contributed by atoms with Crippen molar-refractivity contribution in [1.29, 1.82) is 0 Å². The summed E-state index contributed by atoms with van der Waals surface area (Å²) in [6, 6.07) is 4.25. The Morgan fingerprint density at radius 2 is 2.04 bits per heavy atom. The molecule has 1 aromatic carbocycles. The minimum Gasteiger partial charge on any atom is -0.466 e. The molecule has 0 aliphatic rings. The Hall–Kier alpha value is -1.60. The highest BCUT2D eigenvalue weighted by Crippen LogP contribution is 2.22. The molecule has 1 atom stereocenters. The maximum absolute atomic E-state index is 11.8. The molecule has 23 heavy (non-hydrogen) atoms. The summed E-state index contributed by atoms with van der Waals surface area (Å²) in [6.45, 7) is 1.94. The number of halogens is 2. The molecule has 0 spiro atoms. The second-order valence-corrected chi connectivity index (χ2v) is 6.06. The van der Waals surface area contributed by atoms with Crippen LogP contribution in [0.15, 0.2) is 22.7 Å². The number of nitrogens with one attached hydrogen (secondary N) is 1. The van der Waals surface area contributed by atoms with Crippen LogP contribution in [0, 0.1) is 0 Å². The van der Waals surface area contributed by atoms with Crippen LogP contribution in [-0.4, -0.2) is 30.4 Å². The van der Waals surface area contributed by atoms with Crippen molar-refractivity contribution >= 4 is 45.3 Å². The Morgan fingerprint density at radius 1 is 1.35 bits per heavy atom. The zero-order chi connectivity index (χ0) is 17.4. The lowest BCUT2D eigenvalue weighted by atomic mass is 10.1. The number of nitrogens with two attached hydrogens (primary N) is 1. The van der Waals surface area contributed by atoms with Crippen LogP contribution >= 0.6 is 27.5 Å². The van der Waals surface area contributed by atoms with Crippen LogP contribution in [0.2, 0.25) is 5.02 Å². The average molecular weight is 406 g/mol. The molecule has 2 amide bonds. The largest absolute Gasteiger partial charge is 0.466 e. The first-order valence-electron chi connectivity index (χ1n) is 7.01. The van der Waals surface area contributed by atoms with Crippen LogP contribution in [0.25, 0.3) is 0 Å². The first-order valence-corrected chi connectivity index (χ1v) is 8.18. The molecular weight excluding hydrogens is 388 g/mol. The molecular formula is C15H18BrClN2O4. The summed E-state index contributed by atoms with van der Waals surface area (Å²) in [7, 11) is 0. The third kappa shape index (κ3) is 7.00. The molecule has 0 aliphatic heterocycles. The molecule has 0 bridgehead atoms. The third-order valence-corrected chi connectivity index (χ3v) is 3.98. The highest BCUT2D eigenvalue weighted by molar-refractivity contribution is 9.10. The fourth-order valence-corrected chi connectivity index (χ4v) is 2.46. The quantitative estimate of drug-likeness (QED) is 0.646. The lowest BCUT2D eigenvalue weighted by molar-refractivity contribution is -0.144. The van der Waals surface area contributed by atoms with Gasteiger partial charge in [-0.15, -0.1) is 0 Å². The molecule has 0 saturated carbocycles. The monoisotopic (exact) mass is 404 g/mol. The lowest BCUT2D eigenvalue weighted by Crippen LogP contribution is -2.46. The van der Waals surface area contributed by atoms with Gasteiger partial charge in [0, 0.05) is 22.3 Å². The second-order valence-electron chi connectivity index (χ2n) is 4.77. The van der Waals surface area contributed by atoms with Crippen molar-refractivity contribution in [2.45, 2.75) is 32.2 Å². The molecule has 1 rings (SSSR count). The lowest BCUT2D eigenvalue weighted by Gasteiger charge is -2.16. The van der Waals surface area contributed by atoms with Gasteiger partial charge in [-0.05, 0) is 30.7 Å². The van der Waals surface area contributed by atoms with Crippen molar-refractivity contribution in [3.8, 4) is 0 Å². The zero-order valence-corrected chi connectivity index (χ0v) is 14.9. The molecule has 8 heteroatoms. The zero-order valence-electron chi connectivity index (χ0n) is 12.6. The standard InChI is InChI=1S/C15H18BrClN2O4/c1-2-23-14(21)6-5-13(20)19-12(15(18)22)8-9-7-10(17)3-4-11(9)16/h3-4,7,12H,2,5-6,8H2,1H3,(H2,18,22)(H,19,20)/t12-/m1/s1. The van der Waals surface area contributed by atoms with Crippen molar-refractivity contribution in [3.05, 3.63) is 33.3 Å². The maximum atomic E-state index is 11.8. The van der Waals surface area contributed by atoms with Gasteiger partial charge in [0.15, 0.2) is 0 Å². The summed E-state index contributed by atoms with van der Waals surface area (Å²) in [6.07, 6.45) is 0.0764. The number of carbonyl (C=O) groups is 3. The van der Waals surface area contributed by atoms with Crippen molar-refractivity contribution in [3.63, 3.8) is 0 Å². The van der Waals surface area contributed by atoms with Gasteiger partial charge in [-0.3, -0.25) is 14.4 Å². The molecule has 0 radical (unpaired) electrons. The van der Waals surface area contributed by atoms with E-state index in [9.17, 15) is 14.4 Å².